The second kappa shape index (κ2) is 24.6. The summed E-state index contributed by atoms with van der Waals surface area (Å²) in [6.45, 7) is 4.76. The number of aliphatic hydroxyl groups is 1. The Labute approximate surface area is 158 Å². The van der Waals surface area contributed by atoms with Crippen molar-refractivity contribution in [2.24, 2.45) is 5.92 Å². The summed E-state index contributed by atoms with van der Waals surface area (Å²) in [5.41, 5.74) is 0. The Bertz CT molecular complexity index is 228. The normalized spacial score (nSPS) is 21.2. The number of carbonyl (C=O) groups excluding carboxylic acids is 1. The molecule has 0 bridgehead atoms. The first kappa shape index (κ1) is 28.2. The molecule has 5 heteroatoms. The van der Waals surface area contributed by atoms with Gasteiger partial charge in [-0.1, -0.05) is 38.5 Å². The molecule has 1 saturated heterocycles. The molecule has 1 rings (SSSR count). The molecule has 1 heterocycles. The van der Waals surface area contributed by atoms with E-state index in [9.17, 15) is 4.79 Å². The number of esters is 1. The Hall–Kier alpha value is 0.343. The number of hydrogen-bond donors (Lipinski definition) is 1. The first-order valence-electron chi connectivity index (χ1n) is 8.19. The Kier molecular flexibility index (Phi) is 30.1. The Balaban J connectivity index is -0.000000739. The molecule has 3 nitrogen and oxygen atoms in total. The summed E-state index contributed by atoms with van der Waals surface area (Å²) in [5.74, 6) is 0.431. The topological polar surface area (TPSA) is 46.5 Å². The van der Waals surface area contributed by atoms with Gasteiger partial charge in [-0.05, 0) is 12.8 Å². The molecule has 0 aromatic carbocycles. The molecule has 0 unspecified atom stereocenters. The van der Waals surface area contributed by atoms with Gasteiger partial charge in [-0.3, -0.25) is 4.79 Å². The molecular formula is C18H35ClO3Ru. The number of aliphatic hydroxyl groups excluding tert-OH is 1. The van der Waals surface area contributed by atoms with Crippen LogP contribution in [0, 0.1) is 26.7 Å². The summed E-state index contributed by atoms with van der Waals surface area (Å²) < 4.78 is 5.21. The summed E-state index contributed by atoms with van der Waals surface area (Å²) in [4.78, 5) is 11.4. The van der Waals surface area contributed by atoms with Crippen LogP contribution < -0.4 is 0 Å². The van der Waals surface area contributed by atoms with Crippen LogP contribution in [0.1, 0.15) is 70.6 Å². The summed E-state index contributed by atoms with van der Waals surface area (Å²) in [6, 6.07) is 0. The third-order valence-electron chi connectivity index (χ3n) is 3.57. The first-order valence-corrected chi connectivity index (χ1v) is 10.4. The van der Waals surface area contributed by atoms with E-state index in [4.69, 9.17) is 9.84 Å². The number of hydrogen-bond acceptors (Lipinski definition) is 3. The van der Waals surface area contributed by atoms with Crippen LogP contribution >= 0.6 is 9.69 Å². The Morgan fingerprint density at radius 1 is 1.09 bits per heavy atom. The van der Waals surface area contributed by atoms with Gasteiger partial charge in [0.2, 0.25) is 0 Å². The predicted octanol–water partition coefficient (Wildman–Crippen LogP) is 5.23. The molecule has 0 amide bonds. The predicted molar refractivity (Wildman–Crippen MR) is 95.3 cm³/mol. The quantitative estimate of drug-likeness (QED) is 0.321. The fourth-order valence-corrected chi connectivity index (χ4v) is 2.36. The van der Waals surface area contributed by atoms with Gasteiger partial charge < -0.3 is 36.5 Å². The van der Waals surface area contributed by atoms with Gasteiger partial charge in [0.25, 0.3) is 0 Å². The number of rotatable bonds is 0. The number of carbonyl (C=O) groups is 1. The van der Waals surface area contributed by atoms with Crippen molar-refractivity contribution in [3.05, 3.63) is 20.8 Å². The van der Waals surface area contributed by atoms with Gasteiger partial charge in [0, 0.05) is 13.5 Å². The zero-order valence-electron chi connectivity index (χ0n) is 14.8. The average molecular weight is 436 g/mol. The van der Waals surface area contributed by atoms with Gasteiger partial charge >= 0.3 is 33.0 Å². The molecular weight excluding hydrogens is 401 g/mol. The monoisotopic (exact) mass is 436 g/mol. The van der Waals surface area contributed by atoms with Crippen molar-refractivity contribution in [1.82, 2.24) is 0 Å². The van der Waals surface area contributed by atoms with Crippen LogP contribution in [-0.2, 0) is 26.8 Å². The fourth-order valence-electron chi connectivity index (χ4n) is 2.36. The average Bonchev–Trinajstić information content (AvgIpc) is 2.56. The second-order valence-corrected chi connectivity index (χ2v) is 5.37. The van der Waals surface area contributed by atoms with E-state index in [0.717, 1.165) is 32.8 Å². The maximum atomic E-state index is 11.4. The molecule has 23 heavy (non-hydrogen) atoms. The van der Waals surface area contributed by atoms with Gasteiger partial charge in [0.1, 0.15) is 0 Å². The first-order chi connectivity index (χ1) is 10.8. The van der Waals surface area contributed by atoms with Gasteiger partial charge in [-0.25, -0.2) is 0 Å². The molecule has 0 aliphatic carbocycles. The number of cyclic esters (lactones) is 1. The molecule has 1 atom stereocenters. The summed E-state index contributed by atoms with van der Waals surface area (Å²) >= 11 is 1.82. The molecule has 1 fully saturated rings. The van der Waals surface area contributed by atoms with Gasteiger partial charge in [-0.15, -0.1) is 6.42 Å². The zero-order valence-corrected chi connectivity index (χ0v) is 17.3. The van der Waals surface area contributed by atoms with E-state index < -0.39 is 0 Å². The SMILES string of the molecule is CO.[CH2-][C@H]1[CH-]CCCCCCCCOC(=O)CCCC1.[CH3-].[Cl][Ru+3]. The van der Waals surface area contributed by atoms with E-state index in [1.807, 2.05) is 17.3 Å². The van der Waals surface area contributed by atoms with Crippen molar-refractivity contribution < 1.29 is 31.9 Å². The van der Waals surface area contributed by atoms with Crippen molar-refractivity contribution >= 4 is 15.7 Å². The Morgan fingerprint density at radius 3 is 2.30 bits per heavy atom. The molecule has 0 aromatic heterocycles. The molecule has 140 valence electrons. The van der Waals surface area contributed by atoms with Gasteiger partial charge in [0.15, 0.2) is 0 Å². The van der Waals surface area contributed by atoms with Crippen molar-refractivity contribution in [2.75, 3.05) is 13.7 Å². The van der Waals surface area contributed by atoms with Crippen LogP contribution in [0.4, 0.5) is 0 Å². The van der Waals surface area contributed by atoms with Crippen molar-refractivity contribution in [3.63, 3.8) is 0 Å². The van der Waals surface area contributed by atoms with Crippen LogP contribution in [0.25, 0.3) is 0 Å². The second-order valence-electron chi connectivity index (χ2n) is 5.37. The molecule has 1 aliphatic heterocycles. The summed E-state index contributed by atoms with van der Waals surface area (Å²) in [5, 5.41) is 7.00. The minimum atomic E-state index is -0.0216. The zero-order chi connectivity index (χ0) is 17.1. The molecule has 1 N–H and O–H groups in total. The molecule has 0 saturated carbocycles. The van der Waals surface area contributed by atoms with E-state index in [-0.39, 0.29) is 13.4 Å². The van der Waals surface area contributed by atoms with E-state index in [2.05, 4.69) is 23.0 Å². The van der Waals surface area contributed by atoms with Gasteiger partial charge in [0.05, 0.1) is 6.61 Å². The van der Waals surface area contributed by atoms with Crippen molar-refractivity contribution in [2.45, 2.75) is 70.6 Å². The summed E-state index contributed by atoms with van der Waals surface area (Å²) in [6.07, 6.45) is 14.7. The molecule has 0 aromatic rings. The summed E-state index contributed by atoms with van der Waals surface area (Å²) in [7, 11) is 5.57. The molecule has 1 aliphatic rings. The molecule has 0 spiro atoms. The standard InChI is InChI=1S/C16H28O2.CH4O.CH3.ClH.Ru/c1-15-11-7-5-3-2-4-6-10-14-18-16(17)13-9-8-12-15;1-2;;;/h11,15H,1-10,12-14H2;2H,1H3;1H3;1H;/q-2;;-1;;+4/p-1/t15-;;;;/m0..../s1. The van der Waals surface area contributed by atoms with Crippen LogP contribution in [0.15, 0.2) is 0 Å². The van der Waals surface area contributed by atoms with E-state index in [1.54, 1.807) is 0 Å². The van der Waals surface area contributed by atoms with E-state index in [0.29, 0.717) is 18.9 Å². The third-order valence-corrected chi connectivity index (χ3v) is 3.57. The fraction of sp³-hybridized carbons (Fsp3) is 0.778. The Morgan fingerprint density at radius 2 is 1.65 bits per heavy atom. The van der Waals surface area contributed by atoms with Crippen LogP contribution in [-0.4, -0.2) is 24.8 Å². The van der Waals surface area contributed by atoms with Crippen molar-refractivity contribution in [1.29, 1.82) is 0 Å². The third kappa shape index (κ3) is 22.3. The van der Waals surface area contributed by atoms with E-state index >= 15 is 0 Å². The van der Waals surface area contributed by atoms with Gasteiger partial charge in [-0.2, -0.15) is 6.42 Å². The van der Waals surface area contributed by atoms with Crippen LogP contribution in [0.2, 0.25) is 0 Å². The minimum absolute atomic E-state index is 0. The van der Waals surface area contributed by atoms with Crippen LogP contribution in [0.5, 0.6) is 0 Å². The molecule has 0 radical (unpaired) electrons. The number of halogens is 1. The number of ether oxygens (including phenoxy) is 1. The maximum absolute atomic E-state index is 11.4. The van der Waals surface area contributed by atoms with Crippen molar-refractivity contribution in [3.8, 4) is 0 Å². The van der Waals surface area contributed by atoms with Crippen LogP contribution in [0.3, 0.4) is 0 Å². The van der Waals surface area contributed by atoms with E-state index in [1.165, 1.54) is 38.5 Å².